The molecule has 1 atom stereocenters. The van der Waals surface area contributed by atoms with Crippen molar-refractivity contribution in [2.24, 2.45) is 0 Å². The van der Waals surface area contributed by atoms with Gasteiger partial charge in [0.1, 0.15) is 5.76 Å². The van der Waals surface area contributed by atoms with Crippen LogP contribution in [0.3, 0.4) is 0 Å². The number of carboxylic acid groups (broad SMARTS) is 1. The van der Waals surface area contributed by atoms with Gasteiger partial charge in [0.2, 0.25) is 0 Å². The Morgan fingerprint density at radius 1 is 1.53 bits per heavy atom. The molecular weight excluding hydrogens is 248 g/mol. The number of hydrogen-bond acceptors (Lipinski definition) is 4. The molecule has 0 bridgehead atoms. The molecular formula is C13H18N2O4. The lowest BCUT2D eigenvalue weighted by atomic mass is 9.97. The molecule has 0 saturated carbocycles. The Kier molecular flexibility index (Phi) is 4.19. The number of rotatable bonds is 4. The minimum Gasteiger partial charge on any atom is -0.481 e. The summed E-state index contributed by atoms with van der Waals surface area (Å²) in [5.74, 6) is -0.468. The molecule has 1 aromatic heterocycles. The fraction of sp³-hybridized carbons (Fsp3) is 0.615. The number of aryl methyl sites for hydroxylation is 1. The lowest BCUT2D eigenvalue weighted by molar-refractivity contribution is -0.137. The molecule has 1 N–H and O–H groups in total. The van der Waals surface area contributed by atoms with Crippen LogP contribution in [0, 0.1) is 6.92 Å². The van der Waals surface area contributed by atoms with Crippen molar-refractivity contribution in [2.75, 3.05) is 6.54 Å². The molecule has 1 aliphatic heterocycles. The highest BCUT2D eigenvalue weighted by atomic mass is 16.4. The lowest BCUT2D eigenvalue weighted by Gasteiger charge is -2.35. The van der Waals surface area contributed by atoms with E-state index in [0.717, 1.165) is 19.3 Å². The molecule has 1 aromatic rings. The van der Waals surface area contributed by atoms with Gasteiger partial charge in [-0.05, 0) is 32.6 Å². The Morgan fingerprint density at radius 3 is 2.95 bits per heavy atom. The van der Waals surface area contributed by atoms with Crippen molar-refractivity contribution in [3.63, 3.8) is 0 Å². The summed E-state index contributed by atoms with van der Waals surface area (Å²) in [5.41, 5.74) is 0.335. The molecule has 0 unspecified atom stereocenters. The molecule has 104 valence electrons. The Morgan fingerprint density at radius 2 is 2.32 bits per heavy atom. The van der Waals surface area contributed by atoms with Gasteiger partial charge in [-0.15, -0.1) is 0 Å². The number of carboxylic acids is 1. The number of carbonyl (C=O) groups excluding carboxylic acids is 1. The van der Waals surface area contributed by atoms with E-state index in [1.165, 1.54) is 6.39 Å². The first-order chi connectivity index (χ1) is 9.09. The van der Waals surface area contributed by atoms with Gasteiger partial charge in [0.05, 0.1) is 0 Å². The molecule has 19 heavy (non-hydrogen) atoms. The molecule has 2 heterocycles. The van der Waals surface area contributed by atoms with Crippen LogP contribution in [-0.4, -0.2) is 39.5 Å². The second-order valence-electron chi connectivity index (χ2n) is 4.84. The van der Waals surface area contributed by atoms with Crippen molar-refractivity contribution < 1.29 is 19.1 Å². The summed E-state index contributed by atoms with van der Waals surface area (Å²) in [6.07, 6.45) is 4.69. The Hall–Kier alpha value is -1.85. The molecule has 0 spiro atoms. The fourth-order valence-corrected chi connectivity index (χ4v) is 2.50. The summed E-state index contributed by atoms with van der Waals surface area (Å²) in [7, 11) is 0. The zero-order valence-corrected chi connectivity index (χ0v) is 11.0. The van der Waals surface area contributed by atoms with Crippen LogP contribution in [-0.2, 0) is 4.79 Å². The zero-order chi connectivity index (χ0) is 13.8. The van der Waals surface area contributed by atoms with E-state index < -0.39 is 5.97 Å². The van der Waals surface area contributed by atoms with E-state index in [-0.39, 0.29) is 18.4 Å². The second-order valence-corrected chi connectivity index (χ2v) is 4.84. The van der Waals surface area contributed by atoms with Gasteiger partial charge in [-0.1, -0.05) is 0 Å². The van der Waals surface area contributed by atoms with E-state index in [4.69, 9.17) is 9.52 Å². The molecule has 1 saturated heterocycles. The van der Waals surface area contributed by atoms with Gasteiger partial charge < -0.3 is 14.4 Å². The monoisotopic (exact) mass is 266 g/mol. The van der Waals surface area contributed by atoms with Gasteiger partial charge in [-0.3, -0.25) is 9.59 Å². The number of hydrogen-bond donors (Lipinski definition) is 1. The first-order valence-corrected chi connectivity index (χ1v) is 6.52. The minimum absolute atomic E-state index is 0.00606. The van der Waals surface area contributed by atoms with E-state index in [2.05, 4.69) is 4.98 Å². The third kappa shape index (κ3) is 3.13. The van der Waals surface area contributed by atoms with E-state index >= 15 is 0 Å². The van der Waals surface area contributed by atoms with Crippen LogP contribution in [0.25, 0.3) is 0 Å². The molecule has 0 aliphatic carbocycles. The number of piperidine rings is 1. The number of carbonyl (C=O) groups is 2. The molecule has 6 heteroatoms. The van der Waals surface area contributed by atoms with Crippen LogP contribution in [0.4, 0.5) is 0 Å². The predicted octanol–water partition coefficient (Wildman–Crippen LogP) is 1.84. The van der Waals surface area contributed by atoms with Crippen LogP contribution in [0.2, 0.25) is 0 Å². The van der Waals surface area contributed by atoms with Gasteiger partial charge >= 0.3 is 5.97 Å². The molecule has 1 amide bonds. The Bertz CT molecular complexity index is 469. The van der Waals surface area contributed by atoms with Crippen molar-refractivity contribution in [3.05, 3.63) is 17.8 Å². The first-order valence-electron chi connectivity index (χ1n) is 6.52. The van der Waals surface area contributed by atoms with Gasteiger partial charge in [0.15, 0.2) is 12.1 Å². The van der Waals surface area contributed by atoms with E-state index in [1.807, 2.05) is 0 Å². The summed E-state index contributed by atoms with van der Waals surface area (Å²) in [4.78, 5) is 28.8. The average molecular weight is 266 g/mol. The minimum atomic E-state index is -0.824. The Balaban J connectivity index is 2.08. The standard InChI is InChI=1S/C13H18N2O4/c1-9-12(14-8-19-9)13(18)15-7-3-2-4-10(15)5-6-11(16)17/h8,10H,2-7H2,1H3,(H,16,17)/t10-/m0/s1. The maximum Gasteiger partial charge on any atom is 0.303 e. The quantitative estimate of drug-likeness (QED) is 0.899. The van der Waals surface area contributed by atoms with Crippen molar-refractivity contribution in [2.45, 2.75) is 45.1 Å². The zero-order valence-electron chi connectivity index (χ0n) is 11.0. The van der Waals surface area contributed by atoms with E-state index in [9.17, 15) is 9.59 Å². The lowest BCUT2D eigenvalue weighted by Crippen LogP contribution is -2.44. The molecule has 6 nitrogen and oxygen atoms in total. The van der Waals surface area contributed by atoms with Crippen molar-refractivity contribution in [1.29, 1.82) is 0 Å². The third-order valence-corrected chi connectivity index (χ3v) is 3.53. The highest BCUT2D eigenvalue weighted by Gasteiger charge is 2.29. The van der Waals surface area contributed by atoms with E-state index in [0.29, 0.717) is 24.4 Å². The fourth-order valence-electron chi connectivity index (χ4n) is 2.50. The second kappa shape index (κ2) is 5.86. The van der Waals surface area contributed by atoms with E-state index in [1.54, 1.807) is 11.8 Å². The number of amides is 1. The number of nitrogens with zero attached hydrogens (tertiary/aromatic N) is 2. The van der Waals surface area contributed by atoms with Crippen LogP contribution >= 0.6 is 0 Å². The maximum absolute atomic E-state index is 12.4. The van der Waals surface area contributed by atoms with Gasteiger partial charge in [-0.2, -0.15) is 0 Å². The molecule has 1 aliphatic rings. The summed E-state index contributed by atoms with van der Waals surface area (Å²) in [6.45, 7) is 2.37. The van der Waals surface area contributed by atoms with Gasteiger partial charge in [-0.25, -0.2) is 4.98 Å². The van der Waals surface area contributed by atoms with Crippen LogP contribution in [0.5, 0.6) is 0 Å². The predicted molar refractivity (Wildman–Crippen MR) is 66.8 cm³/mol. The largest absolute Gasteiger partial charge is 0.481 e. The number of likely N-dealkylation sites (tertiary alicyclic amines) is 1. The normalized spacial score (nSPS) is 19.4. The first kappa shape index (κ1) is 13.6. The van der Waals surface area contributed by atoms with Crippen LogP contribution in [0.1, 0.15) is 48.4 Å². The van der Waals surface area contributed by atoms with Crippen LogP contribution < -0.4 is 0 Å². The highest BCUT2D eigenvalue weighted by molar-refractivity contribution is 5.93. The topological polar surface area (TPSA) is 83.6 Å². The molecule has 0 radical (unpaired) electrons. The SMILES string of the molecule is Cc1ocnc1C(=O)N1CCCC[C@H]1CCC(=O)O. The number of aromatic nitrogens is 1. The summed E-state index contributed by atoms with van der Waals surface area (Å²) < 4.78 is 5.06. The van der Waals surface area contributed by atoms with Gasteiger partial charge in [0, 0.05) is 19.0 Å². The maximum atomic E-state index is 12.4. The third-order valence-electron chi connectivity index (χ3n) is 3.53. The smallest absolute Gasteiger partial charge is 0.303 e. The summed E-state index contributed by atoms with van der Waals surface area (Å²) in [5, 5.41) is 8.77. The van der Waals surface area contributed by atoms with Crippen molar-refractivity contribution in [3.8, 4) is 0 Å². The average Bonchev–Trinajstić information content (AvgIpc) is 2.82. The van der Waals surface area contributed by atoms with Gasteiger partial charge in [0.25, 0.3) is 5.91 Å². The molecule has 1 fully saturated rings. The molecule has 2 rings (SSSR count). The number of oxazole rings is 1. The van der Waals surface area contributed by atoms with Crippen LogP contribution in [0.15, 0.2) is 10.8 Å². The summed E-state index contributed by atoms with van der Waals surface area (Å²) >= 11 is 0. The number of aliphatic carboxylic acids is 1. The van der Waals surface area contributed by atoms with Crippen molar-refractivity contribution in [1.82, 2.24) is 9.88 Å². The Labute approximate surface area is 111 Å². The highest BCUT2D eigenvalue weighted by Crippen LogP contribution is 2.23. The molecule has 0 aromatic carbocycles. The summed E-state index contributed by atoms with van der Waals surface area (Å²) in [6, 6.07) is -0.00606. The van der Waals surface area contributed by atoms with Crippen molar-refractivity contribution >= 4 is 11.9 Å².